The van der Waals surface area contributed by atoms with Crippen LogP contribution in [0.25, 0.3) is 0 Å². The number of aryl methyl sites for hydroxylation is 1. The van der Waals surface area contributed by atoms with Crippen LogP contribution in [0.15, 0.2) is 54.6 Å². The molecule has 166 valence electrons. The van der Waals surface area contributed by atoms with Gasteiger partial charge in [-0.1, -0.05) is 42.5 Å². The lowest BCUT2D eigenvalue weighted by molar-refractivity contribution is -0.135. The summed E-state index contributed by atoms with van der Waals surface area (Å²) in [5.41, 5.74) is 1.74. The van der Waals surface area contributed by atoms with E-state index in [0.717, 1.165) is 12.8 Å². The number of carbonyl (C=O) groups is 2. The molecule has 1 saturated heterocycles. The maximum absolute atomic E-state index is 13.8. The molecule has 0 saturated carbocycles. The van der Waals surface area contributed by atoms with Crippen LogP contribution in [0.2, 0.25) is 0 Å². The van der Waals surface area contributed by atoms with Crippen molar-refractivity contribution in [2.45, 2.75) is 32.1 Å². The standard InChI is InChI=1S/C25H32FN3O2/c1-28(23-11-6-5-10-22(23)26)17-7-16-27-25(31)21-14-18-29(19-15-21)24(30)13-12-20-8-3-2-4-9-20/h2-6,8-11,21H,7,12-19H2,1H3,(H,27,31). The second kappa shape index (κ2) is 11.5. The third kappa shape index (κ3) is 6.81. The molecule has 0 radical (unpaired) electrons. The van der Waals surface area contributed by atoms with Gasteiger partial charge in [0.25, 0.3) is 0 Å². The van der Waals surface area contributed by atoms with E-state index in [1.54, 1.807) is 12.1 Å². The number of benzene rings is 2. The molecule has 0 bridgehead atoms. The number of anilines is 1. The number of hydrogen-bond donors (Lipinski definition) is 1. The van der Waals surface area contributed by atoms with Crippen LogP contribution in [-0.2, 0) is 16.0 Å². The quantitative estimate of drug-likeness (QED) is 0.624. The largest absolute Gasteiger partial charge is 0.372 e. The van der Waals surface area contributed by atoms with Crippen LogP contribution >= 0.6 is 0 Å². The van der Waals surface area contributed by atoms with Gasteiger partial charge in [-0.2, -0.15) is 0 Å². The number of carbonyl (C=O) groups excluding carboxylic acids is 2. The Balaban J connectivity index is 1.32. The molecule has 1 N–H and O–H groups in total. The maximum Gasteiger partial charge on any atom is 0.223 e. The van der Waals surface area contributed by atoms with E-state index in [9.17, 15) is 14.0 Å². The minimum absolute atomic E-state index is 0.0394. The van der Waals surface area contributed by atoms with Crippen molar-refractivity contribution >= 4 is 17.5 Å². The summed E-state index contributed by atoms with van der Waals surface area (Å²) >= 11 is 0. The van der Waals surface area contributed by atoms with Gasteiger partial charge in [-0.25, -0.2) is 4.39 Å². The Morgan fingerprint density at radius 1 is 1.06 bits per heavy atom. The average Bonchev–Trinajstić information content (AvgIpc) is 2.81. The molecule has 1 aliphatic rings. The normalized spacial score (nSPS) is 14.3. The maximum atomic E-state index is 13.8. The molecule has 5 nitrogen and oxygen atoms in total. The van der Waals surface area contributed by atoms with Crippen molar-refractivity contribution in [3.63, 3.8) is 0 Å². The fraction of sp³-hybridized carbons (Fsp3) is 0.440. The first kappa shape index (κ1) is 22.8. The lowest BCUT2D eigenvalue weighted by Crippen LogP contribution is -2.43. The summed E-state index contributed by atoms with van der Waals surface area (Å²) in [5.74, 6) is -0.0506. The number of rotatable bonds is 9. The van der Waals surface area contributed by atoms with Crippen molar-refractivity contribution in [2.75, 3.05) is 38.1 Å². The first-order valence-electron chi connectivity index (χ1n) is 11.1. The SMILES string of the molecule is CN(CCCNC(=O)C1CCN(C(=O)CCc2ccccc2)CC1)c1ccccc1F. The van der Waals surface area contributed by atoms with Gasteiger partial charge in [-0.15, -0.1) is 0 Å². The molecule has 2 amide bonds. The molecule has 1 heterocycles. The van der Waals surface area contributed by atoms with E-state index in [2.05, 4.69) is 5.32 Å². The molecule has 0 atom stereocenters. The van der Waals surface area contributed by atoms with Crippen molar-refractivity contribution in [2.24, 2.45) is 5.92 Å². The van der Waals surface area contributed by atoms with Gasteiger partial charge >= 0.3 is 0 Å². The average molecular weight is 426 g/mol. The van der Waals surface area contributed by atoms with Gasteiger partial charge in [0.15, 0.2) is 0 Å². The summed E-state index contributed by atoms with van der Waals surface area (Å²) in [6.45, 7) is 2.51. The molecule has 31 heavy (non-hydrogen) atoms. The van der Waals surface area contributed by atoms with E-state index >= 15 is 0 Å². The first-order chi connectivity index (χ1) is 15.0. The first-order valence-corrected chi connectivity index (χ1v) is 11.1. The molecular formula is C25H32FN3O2. The number of hydrogen-bond acceptors (Lipinski definition) is 3. The van der Waals surface area contributed by atoms with Crippen LogP contribution in [-0.4, -0.2) is 49.9 Å². The minimum Gasteiger partial charge on any atom is -0.372 e. The molecule has 0 aromatic heterocycles. The molecule has 1 aliphatic heterocycles. The predicted molar refractivity (Wildman–Crippen MR) is 121 cm³/mol. The van der Waals surface area contributed by atoms with E-state index in [4.69, 9.17) is 0 Å². The topological polar surface area (TPSA) is 52.7 Å². The Hall–Kier alpha value is -2.89. The lowest BCUT2D eigenvalue weighted by Gasteiger charge is -2.31. The van der Waals surface area contributed by atoms with Gasteiger partial charge < -0.3 is 15.1 Å². The summed E-state index contributed by atoms with van der Waals surface area (Å²) in [6, 6.07) is 16.7. The molecule has 0 spiro atoms. The van der Waals surface area contributed by atoms with E-state index in [1.165, 1.54) is 11.6 Å². The fourth-order valence-corrected chi connectivity index (χ4v) is 4.00. The monoisotopic (exact) mass is 425 g/mol. The van der Waals surface area contributed by atoms with Gasteiger partial charge in [-0.05, 0) is 43.4 Å². The summed E-state index contributed by atoms with van der Waals surface area (Å²) < 4.78 is 13.8. The van der Waals surface area contributed by atoms with E-state index in [1.807, 2.05) is 53.2 Å². The summed E-state index contributed by atoms with van der Waals surface area (Å²) in [5, 5.41) is 3.00. The van der Waals surface area contributed by atoms with Crippen LogP contribution in [0.1, 0.15) is 31.2 Å². The molecule has 0 aliphatic carbocycles. The van der Waals surface area contributed by atoms with Gasteiger partial charge in [-0.3, -0.25) is 9.59 Å². The third-order valence-corrected chi connectivity index (χ3v) is 5.92. The van der Waals surface area contributed by atoms with Crippen LogP contribution < -0.4 is 10.2 Å². The second-order valence-electron chi connectivity index (χ2n) is 8.16. The highest BCUT2D eigenvalue weighted by atomic mass is 19.1. The highest BCUT2D eigenvalue weighted by molar-refractivity contribution is 5.80. The fourth-order valence-electron chi connectivity index (χ4n) is 4.00. The smallest absolute Gasteiger partial charge is 0.223 e. The van der Waals surface area contributed by atoms with Gasteiger partial charge in [0, 0.05) is 45.6 Å². The second-order valence-corrected chi connectivity index (χ2v) is 8.16. The third-order valence-electron chi connectivity index (χ3n) is 5.92. The Bertz CT molecular complexity index is 851. The molecule has 3 rings (SSSR count). The number of para-hydroxylation sites is 1. The molecule has 2 aromatic carbocycles. The summed E-state index contributed by atoms with van der Waals surface area (Å²) in [7, 11) is 1.85. The highest BCUT2D eigenvalue weighted by Crippen LogP contribution is 2.19. The Kier molecular flexibility index (Phi) is 8.44. The Morgan fingerprint density at radius 2 is 1.74 bits per heavy atom. The molecule has 2 aromatic rings. The van der Waals surface area contributed by atoms with Crippen LogP contribution in [0.5, 0.6) is 0 Å². The van der Waals surface area contributed by atoms with Crippen molar-refractivity contribution in [1.29, 1.82) is 0 Å². The zero-order valence-corrected chi connectivity index (χ0v) is 18.2. The lowest BCUT2D eigenvalue weighted by atomic mass is 9.95. The number of nitrogens with one attached hydrogen (secondary N) is 1. The van der Waals surface area contributed by atoms with E-state index in [0.29, 0.717) is 51.1 Å². The summed E-state index contributed by atoms with van der Waals surface area (Å²) in [4.78, 5) is 28.7. The molecular weight excluding hydrogens is 393 g/mol. The van der Waals surface area contributed by atoms with E-state index < -0.39 is 0 Å². The number of amides is 2. The summed E-state index contributed by atoms with van der Waals surface area (Å²) in [6.07, 6.45) is 3.42. The Morgan fingerprint density at radius 3 is 2.45 bits per heavy atom. The number of halogens is 1. The van der Waals surface area contributed by atoms with E-state index in [-0.39, 0.29) is 23.5 Å². The minimum atomic E-state index is -0.237. The van der Waals surface area contributed by atoms with Crippen molar-refractivity contribution < 1.29 is 14.0 Å². The van der Waals surface area contributed by atoms with Gasteiger partial charge in [0.1, 0.15) is 5.82 Å². The van der Waals surface area contributed by atoms with Gasteiger partial charge in [0.05, 0.1) is 5.69 Å². The van der Waals surface area contributed by atoms with Crippen molar-refractivity contribution in [3.05, 3.63) is 66.0 Å². The van der Waals surface area contributed by atoms with Gasteiger partial charge in [0.2, 0.25) is 11.8 Å². The zero-order chi connectivity index (χ0) is 22.1. The predicted octanol–water partition coefficient (Wildman–Crippen LogP) is 3.64. The number of nitrogens with zero attached hydrogens (tertiary/aromatic N) is 2. The highest BCUT2D eigenvalue weighted by Gasteiger charge is 2.26. The zero-order valence-electron chi connectivity index (χ0n) is 18.2. The van der Waals surface area contributed by atoms with Crippen molar-refractivity contribution in [1.82, 2.24) is 10.2 Å². The molecule has 1 fully saturated rings. The molecule has 0 unspecified atom stereocenters. The van der Waals surface area contributed by atoms with Crippen LogP contribution in [0.3, 0.4) is 0 Å². The van der Waals surface area contributed by atoms with Crippen LogP contribution in [0.4, 0.5) is 10.1 Å². The van der Waals surface area contributed by atoms with Crippen molar-refractivity contribution in [3.8, 4) is 0 Å². The number of piperidine rings is 1. The Labute approximate surface area is 184 Å². The number of likely N-dealkylation sites (tertiary alicyclic amines) is 1. The molecule has 6 heteroatoms. The van der Waals surface area contributed by atoms with Crippen LogP contribution in [0, 0.1) is 11.7 Å².